The standard InChI is InChI=1S/C13H18O2S/c14-13(15)12(16)6-11-9-2-7-1-8(4-9)5-10(11)3-7/h6-11,16H,1-5H2,(H,14,15)/b12-6+. The Morgan fingerprint density at radius 2 is 1.56 bits per heavy atom. The van der Waals surface area contributed by atoms with Crippen LogP contribution in [0.1, 0.15) is 32.1 Å². The zero-order chi connectivity index (χ0) is 11.3. The predicted molar refractivity (Wildman–Crippen MR) is 65.2 cm³/mol. The monoisotopic (exact) mass is 238 g/mol. The Hall–Kier alpha value is -0.440. The first kappa shape index (κ1) is 10.7. The Kier molecular flexibility index (Phi) is 2.54. The van der Waals surface area contributed by atoms with Crippen LogP contribution in [0, 0.1) is 29.6 Å². The van der Waals surface area contributed by atoms with Gasteiger partial charge in [0.2, 0.25) is 0 Å². The van der Waals surface area contributed by atoms with Crippen LogP contribution in [0.25, 0.3) is 0 Å². The van der Waals surface area contributed by atoms with Crippen LogP contribution in [-0.4, -0.2) is 11.1 Å². The molecule has 0 spiro atoms. The van der Waals surface area contributed by atoms with Crippen LogP contribution >= 0.6 is 12.6 Å². The van der Waals surface area contributed by atoms with Crippen LogP contribution in [0.2, 0.25) is 0 Å². The van der Waals surface area contributed by atoms with Crippen molar-refractivity contribution in [3.05, 3.63) is 11.0 Å². The van der Waals surface area contributed by atoms with Crippen molar-refractivity contribution in [2.75, 3.05) is 0 Å². The number of allylic oxidation sites excluding steroid dienone is 1. The highest BCUT2D eigenvalue weighted by atomic mass is 32.1. The summed E-state index contributed by atoms with van der Waals surface area (Å²) in [5, 5.41) is 8.89. The van der Waals surface area contributed by atoms with E-state index in [-0.39, 0.29) is 4.91 Å². The van der Waals surface area contributed by atoms with E-state index in [0.29, 0.717) is 5.92 Å². The normalized spacial score (nSPS) is 46.1. The maximum Gasteiger partial charge on any atom is 0.341 e. The van der Waals surface area contributed by atoms with Crippen molar-refractivity contribution in [3.8, 4) is 0 Å². The molecule has 0 aromatic rings. The van der Waals surface area contributed by atoms with Crippen LogP contribution in [0.3, 0.4) is 0 Å². The smallest absolute Gasteiger partial charge is 0.341 e. The number of hydrogen-bond donors (Lipinski definition) is 2. The van der Waals surface area contributed by atoms with Crippen molar-refractivity contribution in [2.45, 2.75) is 32.1 Å². The summed E-state index contributed by atoms with van der Waals surface area (Å²) in [6.45, 7) is 0. The molecule has 0 saturated heterocycles. The fourth-order valence-electron chi connectivity index (χ4n) is 4.49. The molecule has 0 radical (unpaired) electrons. The molecule has 0 aliphatic heterocycles. The Morgan fingerprint density at radius 3 is 2.00 bits per heavy atom. The van der Waals surface area contributed by atoms with Gasteiger partial charge in [0.1, 0.15) is 0 Å². The largest absolute Gasteiger partial charge is 0.477 e. The first-order valence-electron chi connectivity index (χ1n) is 6.27. The van der Waals surface area contributed by atoms with E-state index in [0.717, 1.165) is 23.7 Å². The molecule has 3 heteroatoms. The highest BCUT2D eigenvalue weighted by Gasteiger charge is 2.47. The average Bonchev–Trinajstić information content (AvgIpc) is 2.21. The molecule has 0 aromatic heterocycles. The van der Waals surface area contributed by atoms with Gasteiger partial charge in [-0.2, -0.15) is 0 Å². The molecule has 1 N–H and O–H groups in total. The molecule has 0 atom stereocenters. The third-order valence-corrected chi connectivity index (χ3v) is 5.21. The first-order chi connectivity index (χ1) is 7.63. The van der Waals surface area contributed by atoms with Crippen LogP contribution in [0.15, 0.2) is 11.0 Å². The van der Waals surface area contributed by atoms with E-state index in [1.165, 1.54) is 32.1 Å². The summed E-state index contributed by atoms with van der Waals surface area (Å²) in [6, 6.07) is 0. The fourth-order valence-corrected chi connectivity index (χ4v) is 4.67. The fraction of sp³-hybridized carbons (Fsp3) is 0.769. The van der Waals surface area contributed by atoms with Crippen LogP contribution in [0.4, 0.5) is 0 Å². The minimum absolute atomic E-state index is 0.248. The van der Waals surface area contributed by atoms with E-state index < -0.39 is 5.97 Å². The van der Waals surface area contributed by atoms with Crippen molar-refractivity contribution in [1.82, 2.24) is 0 Å². The van der Waals surface area contributed by atoms with E-state index in [4.69, 9.17) is 5.11 Å². The molecule has 0 amide bonds. The summed E-state index contributed by atoms with van der Waals surface area (Å²) < 4.78 is 0. The van der Waals surface area contributed by atoms with E-state index in [1.807, 2.05) is 6.08 Å². The summed E-state index contributed by atoms with van der Waals surface area (Å²) in [5.41, 5.74) is 0. The van der Waals surface area contributed by atoms with E-state index in [1.54, 1.807) is 0 Å². The van der Waals surface area contributed by atoms with Gasteiger partial charge < -0.3 is 5.11 Å². The summed E-state index contributed by atoms with van der Waals surface area (Å²) in [7, 11) is 0. The number of rotatable bonds is 2. The second kappa shape index (κ2) is 3.80. The first-order valence-corrected chi connectivity index (χ1v) is 6.72. The van der Waals surface area contributed by atoms with Gasteiger partial charge >= 0.3 is 5.97 Å². The van der Waals surface area contributed by atoms with Gasteiger partial charge in [-0.3, -0.25) is 0 Å². The summed E-state index contributed by atoms with van der Waals surface area (Å²) in [4.78, 5) is 11.1. The Labute approximate surface area is 102 Å². The van der Waals surface area contributed by atoms with Crippen LogP contribution in [-0.2, 0) is 4.79 Å². The lowest BCUT2D eigenvalue weighted by molar-refractivity contribution is -0.131. The molecule has 4 aliphatic carbocycles. The number of carboxylic acid groups (broad SMARTS) is 1. The zero-order valence-corrected chi connectivity index (χ0v) is 10.2. The van der Waals surface area contributed by atoms with Gasteiger partial charge in [-0.05, 0) is 61.7 Å². The maximum absolute atomic E-state index is 10.8. The highest BCUT2D eigenvalue weighted by Crippen LogP contribution is 2.57. The molecule has 0 unspecified atom stereocenters. The van der Waals surface area contributed by atoms with Gasteiger partial charge in [0.15, 0.2) is 0 Å². The van der Waals surface area contributed by atoms with Gasteiger partial charge in [-0.1, -0.05) is 6.08 Å². The molecule has 2 nitrogen and oxygen atoms in total. The number of carbonyl (C=O) groups is 1. The van der Waals surface area contributed by atoms with Gasteiger partial charge in [0, 0.05) is 0 Å². The Bertz CT molecular complexity index is 320. The molecule has 0 aromatic carbocycles. The molecule has 4 aliphatic rings. The Morgan fingerprint density at radius 1 is 1.06 bits per heavy atom. The molecular weight excluding hydrogens is 220 g/mol. The van der Waals surface area contributed by atoms with Crippen molar-refractivity contribution >= 4 is 18.6 Å². The third kappa shape index (κ3) is 1.69. The van der Waals surface area contributed by atoms with E-state index >= 15 is 0 Å². The van der Waals surface area contributed by atoms with Crippen LogP contribution < -0.4 is 0 Å². The Balaban J connectivity index is 1.82. The lowest BCUT2D eigenvalue weighted by atomic mass is 9.52. The zero-order valence-electron chi connectivity index (χ0n) is 9.30. The average molecular weight is 238 g/mol. The van der Waals surface area contributed by atoms with Gasteiger partial charge in [-0.15, -0.1) is 12.6 Å². The SMILES string of the molecule is O=C(O)/C(S)=C\C1C2CC3CC(C2)CC1C3. The molecule has 16 heavy (non-hydrogen) atoms. The minimum Gasteiger partial charge on any atom is -0.477 e. The molecule has 4 bridgehead atoms. The van der Waals surface area contributed by atoms with Crippen molar-refractivity contribution in [3.63, 3.8) is 0 Å². The third-order valence-electron chi connectivity index (χ3n) is 4.87. The lowest BCUT2D eigenvalue weighted by Crippen LogP contribution is -2.44. The van der Waals surface area contributed by atoms with Gasteiger partial charge in [0.25, 0.3) is 0 Å². The second-order valence-electron chi connectivity index (χ2n) is 5.87. The van der Waals surface area contributed by atoms with Gasteiger partial charge in [-0.25, -0.2) is 4.79 Å². The highest BCUT2D eigenvalue weighted by molar-refractivity contribution is 7.85. The predicted octanol–water partition coefficient (Wildman–Crippen LogP) is 2.96. The number of thiol groups is 1. The molecule has 4 saturated carbocycles. The summed E-state index contributed by atoms with van der Waals surface area (Å²) in [5.74, 6) is 3.00. The summed E-state index contributed by atoms with van der Waals surface area (Å²) >= 11 is 4.07. The van der Waals surface area contributed by atoms with Crippen molar-refractivity contribution in [1.29, 1.82) is 0 Å². The minimum atomic E-state index is -0.878. The molecule has 0 heterocycles. The quantitative estimate of drug-likeness (QED) is 0.573. The molecule has 4 rings (SSSR count). The van der Waals surface area contributed by atoms with Crippen molar-refractivity contribution < 1.29 is 9.90 Å². The van der Waals surface area contributed by atoms with E-state index in [9.17, 15) is 4.79 Å². The second-order valence-corrected chi connectivity index (χ2v) is 6.35. The van der Waals surface area contributed by atoms with Crippen LogP contribution in [0.5, 0.6) is 0 Å². The number of hydrogen-bond acceptors (Lipinski definition) is 2. The van der Waals surface area contributed by atoms with E-state index in [2.05, 4.69) is 12.6 Å². The molecular formula is C13H18O2S. The lowest BCUT2D eigenvalue weighted by Gasteiger charge is -2.53. The summed E-state index contributed by atoms with van der Waals surface area (Å²) in [6.07, 6.45) is 8.68. The van der Waals surface area contributed by atoms with Crippen molar-refractivity contribution in [2.24, 2.45) is 29.6 Å². The topological polar surface area (TPSA) is 37.3 Å². The number of carboxylic acids is 1. The number of aliphatic carboxylic acids is 1. The maximum atomic E-state index is 10.8. The molecule has 88 valence electrons. The molecule has 4 fully saturated rings. The van der Waals surface area contributed by atoms with Gasteiger partial charge in [0.05, 0.1) is 4.91 Å².